The molecule has 0 aliphatic rings. The molecule has 8 aromatic carbocycles. The SMILES string of the molecule is c1ccc(-c2nc(-n3c4cccc5c6cccc7c8cc9oc%10ccccc%10c9cc8n(c8cccc3c8c54)c67)nc3ccc4ccccc4c23)cc1. The molecule has 0 aliphatic carbocycles. The van der Waals surface area contributed by atoms with E-state index in [1.54, 1.807) is 0 Å². The predicted molar refractivity (Wildman–Crippen MR) is 219 cm³/mol. The summed E-state index contributed by atoms with van der Waals surface area (Å²) in [6.45, 7) is 0. The van der Waals surface area contributed by atoms with Crippen LogP contribution in [0.15, 0.2) is 162 Å². The maximum absolute atomic E-state index is 6.41. The molecule has 5 aromatic heterocycles. The monoisotopic (exact) mass is 674 g/mol. The number of nitrogens with zero attached hydrogens (tertiary/aromatic N) is 4. The lowest BCUT2D eigenvalue weighted by atomic mass is 10.0. The molecule has 0 amide bonds. The first-order valence-electron chi connectivity index (χ1n) is 18.0. The van der Waals surface area contributed by atoms with Crippen molar-refractivity contribution in [3.05, 3.63) is 158 Å². The second kappa shape index (κ2) is 9.75. The van der Waals surface area contributed by atoms with E-state index in [-0.39, 0.29) is 0 Å². The van der Waals surface area contributed by atoms with Crippen LogP contribution >= 0.6 is 0 Å². The van der Waals surface area contributed by atoms with Crippen molar-refractivity contribution in [2.75, 3.05) is 0 Å². The molecule has 13 rings (SSSR count). The first-order valence-corrected chi connectivity index (χ1v) is 18.0. The van der Waals surface area contributed by atoms with Crippen molar-refractivity contribution in [3.8, 4) is 17.2 Å². The van der Waals surface area contributed by atoms with Crippen LogP contribution in [0.1, 0.15) is 0 Å². The van der Waals surface area contributed by atoms with Gasteiger partial charge in [0.05, 0.1) is 38.8 Å². The highest BCUT2D eigenvalue weighted by Gasteiger charge is 2.24. The van der Waals surface area contributed by atoms with Gasteiger partial charge in [-0.1, -0.05) is 115 Å². The smallest absolute Gasteiger partial charge is 0.235 e. The van der Waals surface area contributed by atoms with E-state index in [1.807, 2.05) is 6.07 Å². The maximum Gasteiger partial charge on any atom is 0.235 e. The van der Waals surface area contributed by atoms with Gasteiger partial charge in [-0.2, -0.15) is 0 Å². The number of fused-ring (bicyclic) bond motifs is 11. The summed E-state index contributed by atoms with van der Waals surface area (Å²) >= 11 is 0. The molecular weight excluding hydrogens is 649 g/mol. The van der Waals surface area contributed by atoms with Crippen molar-refractivity contribution < 1.29 is 4.42 Å². The standard InChI is InChI=1S/C48H26N4O/c1-2-12-28(13-3-1)46-43-29-14-5-4-11-27(29)23-24-36(43)49-48(50-46)52-37-19-9-16-31-32-17-8-18-33-34-26-42-35(30-15-6-7-22-41(30)53-42)25-40(34)51(47(32)33)38-20-10-21-39(52)45(38)44(31)37/h1-26H. The third-order valence-electron chi connectivity index (χ3n) is 11.4. The number of furan rings is 1. The number of rotatable bonds is 2. The normalized spacial score (nSPS) is 12.5. The molecule has 0 saturated carbocycles. The Morgan fingerprint density at radius 1 is 0.415 bits per heavy atom. The molecule has 53 heavy (non-hydrogen) atoms. The van der Waals surface area contributed by atoms with E-state index >= 15 is 0 Å². The fraction of sp³-hybridized carbons (Fsp3) is 0. The van der Waals surface area contributed by atoms with E-state index in [1.165, 1.54) is 43.2 Å². The van der Waals surface area contributed by atoms with Gasteiger partial charge in [-0.05, 0) is 58.6 Å². The van der Waals surface area contributed by atoms with E-state index in [0.29, 0.717) is 5.95 Å². The zero-order valence-corrected chi connectivity index (χ0v) is 28.2. The molecule has 5 heterocycles. The van der Waals surface area contributed by atoms with Crippen molar-refractivity contribution in [1.29, 1.82) is 0 Å². The van der Waals surface area contributed by atoms with Crippen molar-refractivity contribution in [3.63, 3.8) is 0 Å². The van der Waals surface area contributed by atoms with Crippen LogP contribution in [-0.2, 0) is 0 Å². The third-order valence-corrected chi connectivity index (χ3v) is 11.4. The van der Waals surface area contributed by atoms with Gasteiger partial charge in [-0.3, -0.25) is 4.57 Å². The van der Waals surface area contributed by atoms with Crippen LogP contribution < -0.4 is 0 Å². The summed E-state index contributed by atoms with van der Waals surface area (Å²) in [6.07, 6.45) is 0. The highest BCUT2D eigenvalue weighted by Crippen LogP contribution is 2.45. The van der Waals surface area contributed by atoms with Crippen molar-refractivity contribution in [2.24, 2.45) is 0 Å². The number of para-hydroxylation sites is 2. The number of hydrogen-bond donors (Lipinski definition) is 0. The predicted octanol–water partition coefficient (Wildman–Crippen LogP) is 12.6. The fourth-order valence-corrected chi connectivity index (χ4v) is 9.26. The number of hydrogen-bond acceptors (Lipinski definition) is 3. The molecule has 0 radical (unpaired) electrons. The zero-order valence-electron chi connectivity index (χ0n) is 28.2. The average molecular weight is 675 g/mol. The molecule has 244 valence electrons. The fourth-order valence-electron chi connectivity index (χ4n) is 9.26. The van der Waals surface area contributed by atoms with Gasteiger partial charge < -0.3 is 8.82 Å². The summed E-state index contributed by atoms with van der Waals surface area (Å²) in [5, 5.41) is 12.8. The van der Waals surface area contributed by atoms with Gasteiger partial charge in [0.25, 0.3) is 0 Å². The highest BCUT2D eigenvalue weighted by molar-refractivity contribution is 6.32. The molecule has 0 fully saturated rings. The van der Waals surface area contributed by atoms with E-state index in [4.69, 9.17) is 14.4 Å². The Morgan fingerprint density at radius 3 is 2.02 bits per heavy atom. The molecule has 0 N–H and O–H groups in total. The summed E-state index contributed by atoms with van der Waals surface area (Å²) in [7, 11) is 0. The van der Waals surface area contributed by atoms with Crippen LogP contribution in [0.3, 0.4) is 0 Å². The maximum atomic E-state index is 6.41. The zero-order chi connectivity index (χ0) is 34.4. The molecule has 0 aliphatic heterocycles. The van der Waals surface area contributed by atoms with E-state index in [0.717, 1.165) is 71.6 Å². The largest absolute Gasteiger partial charge is 0.456 e. The van der Waals surface area contributed by atoms with Gasteiger partial charge in [-0.15, -0.1) is 0 Å². The molecule has 5 heteroatoms. The molecule has 0 spiro atoms. The highest BCUT2D eigenvalue weighted by atomic mass is 16.3. The molecule has 5 nitrogen and oxygen atoms in total. The van der Waals surface area contributed by atoms with Crippen molar-refractivity contribution >= 4 is 104 Å². The minimum Gasteiger partial charge on any atom is -0.456 e. The van der Waals surface area contributed by atoms with Crippen LogP contribution in [0.5, 0.6) is 0 Å². The second-order valence-corrected chi connectivity index (χ2v) is 14.1. The third kappa shape index (κ3) is 3.46. The lowest BCUT2D eigenvalue weighted by Crippen LogP contribution is -2.04. The number of aromatic nitrogens is 4. The van der Waals surface area contributed by atoms with Crippen molar-refractivity contribution in [2.45, 2.75) is 0 Å². The Labute approximate surface area is 300 Å². The summed E-state index contributed by atoms with van der Waals surface area (Å²) in [5.41, 5.74) is 10.4. The van der Waals surface area contributed by atoms with E-state index < -0.39 is 0 Å². The minimum atomic E-state index is 0.656. The lowest BCUT2D eigenvalue weighted by molar-refractivity contribution is 0.669. The molecule has 0 unspecified atom stereocenters. The molecule has 0 bridgehead atoms. The molecule has 0 atom stereocenters. The Balaban J connectivity index is 1.22. The van der Waals surface area contributed by atoms with E-state index in [9.17, 15) is 0 Å². The Kier molecular flexibility index (Phi) is 5.06. The number of benzene rings is 8. The first-order chi connectivity index (χ1) is 26.3. The summed E-state index contributed by atoms with van der Waals surface area (Å²) < 4.78 is 11.2. The topological polar surface area (TPSA) is 48.3 Å². The van der Waals surface area contributed by atoms with Gasteiger partial charge in [0, 0.05) is 48.7 Å². The van der Waals surface area contributed by atoms with Gasteiger partial charge in [0.1, 0.15) is 11.2 Å². The second-order valence-electron chi connectivity index (χ2n) is 14.1. The van der Waals surface area contributed by atoms with Gasteiger partial charge in [0.2, 0.25) is 5.95 Å². The Bertz CT molecular complexity index is 3680. The van der Waals surface area contributed by atoms with Gasteiger partial charge in [0.15, 0.2) is 0 Å². The molecular formula is C48H26N4O. The van der Waals surface area contributed by atoms with Gasteiger partial charge >= 0.3 is 0 Å². The van der Waals surface area contributed by atoms with Crippen LogP contribution in [-0.4, -0.2) is 18.9 Å². The van der Waals surface area contributed by atoms with E-state index in [2.05, 4.69) is 161 Å². The van der Waals surface area contributed by atoms with Gasteiger partial charge in [-0.25, -0.2) is 9.97 Å². The lowest BCUT2D eigenvalue weighted by Gasteiger charge is -2.13. The first kappa shape index (κ1) is 27.5. The summed E-state index contributed by atoms with van der Waals surface area (Å²) in [5.74, 6) is 0.656. The molecule has 13 aromatic rings. The summed E-state index contributed by atoms with van der Waals surface area (Å²) in [6, 6.07) is 56.3. The Morgan fingerprint density at radius 2 is 1.11 bits per heavy atom. The average Bonchev–Trinajstić information content (AvgIpc) is 3.84. The van der Waals surface area contributed by atoms with Crippen LogP contribution in [0.25, 0.3) is 121 Å². The minimum absolute atomic E-state index is 0.656. The quantitative estimate of drug-likeness (QED) is 0.172. The van der Waals surface area contributed by atoms with Crippen LogP contribution in [0.4, 0.5) is 0 Å². The Hall–Kier alpha value is -7.24. The van der Waals surface area contributed by atoms with Crippen molar-refractivity contribution in [1.82, 2.24) is 18.9 Å². The van der Waals surface area contributed by atoms with Crippen LogP contribution in [0.2, 0.25) is 0 Å². The summed E-state index contributed by atoms with van der Waals surface area (Å²) in [4.78, 5) is 10.9. The molecule has 0 saturated heterocycles. The van der Waals surface area contributed by atoms with Crippen LogP contribution in [0, 0.1) is 0 Å².